The molecule has 0 fully saturated rings. The Morgan fingerprint density at radius 3 is 3.00 bits per heavy atom. The number of hydrogen-bond acceptors (Lipinski definition) is 5. The van der Waals surface area contributed by atoms with Crippen molar-refractivity contribution in [2.45, 2.75) is 51.4 Å². The van der Waals surface area contributed by atoms with Crippen LogP contribution in [-0.4, -0.2) is 34.9 Å². The van der Waals surface area contributed by atoms with E-state index in [1.165, 1.54) is 29.2 Å². The summed E-state index contributed by atoms with van der Waals surface area (Å²) in [4.78, 5) is 37.4. The number of hydrogen-bond donors (Lipinski definition) is 2. The van der Waals surface area contributed by atoms with Crippen LogP contribution in [0, 0.1) is 6.92 Å². The maximum atomic E-state index is 11.9. The van der Waals surface area contributed by atoms with E-state index in [1.54, 1.807) is 19.1 Å². The lowest BCUT2D eigenvalue weighted by molar-refractivity contribution is -0.0149. The predicted octanol–water partition coefficient (Wildman–Crippen LogP) is 1.92. The van der Waals surface area contributed by atoms with Crippen LogP contribution in [-0.2, 0) is 9.47 Å². The molecule has 27 heavy (non-hydrogen) atoms. The van der Waals surface area contributed by atoms with Crippen molar-refractivity contribution in [1.82, 2.24) is 14.9 Å². The van der Waals surface area contributed by atoms with E-state index in [4.69, 9.17) is 9.47 Å². The van der Waals surface area contributed by atoms with Gasteiger partial charge in [0.05, 0.1) is 0 Å². The van der Waals surface area contributed by atoms with Crippen molar-refractivity contribution in [3.05, 3.63) is 56.4 Å². The molecule has 0 unspecified atom stereocenters. The van der Waals surface area contributed by atoms with Crippen molar-refractivity contribution in [1.29, 1.82) is 0 Å². The van der Waals surface area contributed by atoms with E-state index in [9.17, 15) is 14.4 Å². The fourth-order valence-corrected chi connectivity index (χ4v) is 3.18. The number of alkyl carbamates (subject to hydrolysis) is 1. The molecule has 1 aliphatic carbocycles. The Hall–Kier alpha value is -2.61. The minimum Gasteiger partial charge on any atom is -0.446 e. The Kier molecular flexibility index (Phi) is 6.28. The van der Waals surface area contributed by atoms with Gasteiger partial charge in [-0.1, -0.05) is 17.7 Å². The number of carbonyl (C=O) groups excluding carboxylic acids is 1. The van der Waals surface area contributed by atoms with Crippen molar-refractivity contribution < 1.29 is 14.3 Å². The first-order valence-corrected chi connectivity index (χ1v) is 9.27. The highest BCUT2D eigenvalue weighted by Gasteiger charge is 2.23. The molecule has 0 radical (unpaired) electrons. The normalized spacial score (nSPS) is 21.7. The molecule has 1 aromatic heterocycles. The molecule has 1 aliphatic heterocycles. The van der Waals surface area contributed by atoms with Gasteiger partial charge in [0.25, 0.3) is 5.56 Å². The van der Waals surface area contributed by atoms with Crippen molar-refractivity contribution in [3.8, 4) is 0 Å². The third-order valence-electron chi connectivity index (χ3n) is 4.70. The number of carbonyl (C=O) groups is 1. The maximum Gasteiger partial charge on any atom is 0.407 e. The molecular weight excluding hydrogens is 350 g/mol. The average molecular weight is 375 g/mol. The van der Waals surface area contributed by atoms with Crippen molar-refractivity contribution in [2.24, 2.45) is 0 Å². The Morgan fingerprint density at radius 2 is 2.22 bits per heavy atom. The highest BCUT2D eigenvalue weighted by molar-refractivity contribution is 5.67. The highest BCUT2D eigenvalue weighted by Crippen LogP contribution is 2.20. The van der Waals surface area contributed by atoms with Gasteiger partial charge in [0.1, 0.15) is 12.7 Å². The van der Waals surface area contributed by atoms with Crippen LogP contribution >= 0.6 is 0 Å². The van der Waals surface area contributed by atoms with Gasteiger partial charge in [-0.2, -0.15) is 0 Å². The van der Waals surface area contributed by atoms with Crippen LogP contribution in [0.5, 0.6) is 0 Å². The second kappa shape index (κ2) is 8.85. The summed E-state index contributed by atoms with van der Waals surface area (Å²) in [7, 11) is 0. The Balaban J connectivity index is 1.41. The van der Waals surface area contributed by atoms with Gasteiger partial charge in [0.15, 0.2) is 6.23 Å². The first kappa shape index (κ1) is 19.2. The van der Waals surface area contributed by atoms with Crippen molar-refractivity contribution in [3.63, 3.8) is 0 Å². The summed E-state index contributed by atoms with van der Waals surface area (Å²) in [5, 5.41) is 2.74. The number of aryl methyl sites for hydroxylation is 1. The lowest BCUT2D eigenvalue weighted by atomic mass is 9.97. The molecule has 2 heterocycles. The summed E-state index contributed by atoms with van der Waals surface area (Å²) >= 11 is 0. The zero-order valence-electron chi connectivity index (χ0n) is 15.4. The fraction of sp³-hybridized carbons (Fsp3) is 0.526. The van der Waals surface area contributed by atoms with Crippen LogP contribution < -0.4 is 16.6 Å². The van der Waals surface area contributed by atoms with E-state index >= 15 is 0 Å². The molecule has 1 aromatic rings. The summed E-state index contributed by atoms with van der Waals surface area (Å²) in [6.07, 6.45) is 11.1. The SMILES string of the molecule is Cc1cn([C@H]2C=C[C@@H](COC(=O)NCCC3=CCCCC3)O2)c(=O)[nH]c1=O. The first-order valence-electron chi connectivity index (χ1n) is 9.27. The topological polar surface area (TPSA) is 102 Å². The number of aromatic amines is 1. The third-order valence-corrected chi connectivity index (χ3v) is 4.70. The van der Waals surface area contributed by atoms with Crippen molar-refractivity contribution in [2.75, 3.05) is 13.2 Å². The van der Waals surface area contributed by atoms with E-state index in [2.05, 4.69) is 16.4 Å². The average Bonchev–Trinajstić information content (AvgIpc) is 3.13. The number of ether oxygens (including phenoxy) is 2. The standard InChI is InChI=1S/C19H25N3O5/c1-13-11-22(18(24)21-17(13)23)16-8-7-15(27-16)12-26-19(25)20-10-9-14-5-3-2-4-6-14/h5,7-8,11,15-16H,2-4,6,9-10,12H2,1H3,(H,20,25)(H,21,23,24)/t15-,16+/m0/s1. The van der Waals surface area contributed by atoms with E-state index in [1.807, 2.05) is 0 Å². The molecule has 8 nitrogen and oxygen atoms in total. The molecule has 146 valence electrons. The van der Waals surface area contributed by atoms with Crippen LogP contribution in [0.3, 0.4) is 0 Å². The van der Waals surface area contributed by atoms with Crippen LogP contribution in [0.2, 0.25) is 0 Å². The van der Waals surface area contributed by atoms with Gasteiger partial charge in [-0.05, 0) is 45.1 Å². The number of nitrogens with one attached hydrogen (secondary N) is 2. The number of rotatable bonds is 6. The van der Waals surface area contributed by atoms with Gasteiger partial charge >= 0.3 is 11.8 Å². The molecule has 0 saturated heterocycles. The van der Waals surface area contributed by atoms with Gasteiger partial charge in [-0.15, -0.1) is 0 Å². The summed E-state index contributed by atoms with van der Waals surface area (Å²) in [6.45, 7) is 2.22. The number of amides is 1. The minimum atomic E-state index is -0.636. The largest absolute Gasteiger partial charge is 0.446 e. The zero-order chi connectivity index (χ0) is 19.2. The molecule has 2 atom stereocenters. The number of H-pyrrole nitrogens is 1. The fourth-order valence-electron chi connectivity index (χ4n) is 3.18. The van der Waals surface area contributed by atoms with Gasteiger partial charge in [0.2, 0.25) is 0 Å². The highest BCUT2D eigenvalue weighted by atomic mass is 16.6. The van der Waals surface area contributed by atoms with Gasteiger partial charge in [0, 0.05) is 18.3 Å². The molecular formula is C19H25N3O5. The second-order valence-corrected chi connectivity index (χ2v) is 6.81. The van der Waals surface area contributed by atoms with Crippen molar-refractivity contribution >= 4 is 6.09 Å². The minimum absolute atomic E-state index is 0.0542. The quantitative estimate of drug-likeness (QED) is 0.740. The van der Waals surface area contributed by atoms with Gasteiger partial charge < -0.3 is 14.8 Å². The Labute approximate surface area is 156 Å². The Bertz CT molecular complexity index is 852. The van der Waals surface area contributed by atoms with Crippen LogP contribution in [0.4, 0.5) is 4.79 Å². The number of nitrogens with zero attached hydrogens (tertiary/aromatic N) is 1. The lowest BCUT2D eigenvalue weighted by Crippen LogP contribution is -2.34. The molecule has 2 aliphatic rings. The van der Waals surface area contributed by atoms with Gasteiger partial charge in [-0.25, -0.2) is 9.59 Å². The second-order valence-electron chi connectivity index (χ2n) is 6.81. The summed E-state index contributed by atoms with van der Waals surface area (Å²) in [6, 6.07) is 0. The summed E-state index contributed by atoms with van der Waals surface area (Å²) in [5.74, 6) is 0. The lowest BCUT2D eigenvalue weighted by Gasteiger charge is -2.17. The van der Waals surface area contributed by atoms with Crippen LogP contribution in [0.15, 0.2) is 39.6 Å². The summed E-state index contributed by atoms with van der Waals surface area (Å²) < 4.78 is 12.2. The summed E-state index contributed by atoms with van der Waals surface area (Å²) in [5.41, 5.74) is 0.849. The molecule has 0 bridgehead atoms. The molecule has 3 rings (SSSR count). The van der Waals surface area contributed by atoms with Gasteiger partial charge in [-0.3, -0.25) is 14.3 Å². The van der Waals surface area contributed by atoms with E-state index < -0.39 is 29.7 Å². The van der Waals surface area contributed by atoms with Crippen LogP contribution in [0.1, 0.15) is 43.9 Å². The van der Waals surface area contributed by atoms with E-state index in [0.29, 0.717) is 12.1 Å². The molecule has 2 N–H and O–H groups in total. The third kappa shape index (κ3) is 5.19. The first-order chi connectivity index (χ1) is 13.0. The van der Waals surface area contributed by atoms with Crippen LogP contribution in [0.25, 0.3) is 0 Å². The maximum absolute atomic E-state index is 11.9. The van der Waals surface area contributed by atoms with E-state index in [0.717, 1.165) is 19.3 Å². The molecule has 8 heteroatoms. The monoisotopic (exact) mass is 375 g/mol. The predicted molar refractivity (Wildman–Crippen MR) is 99.6 cm³/mol. The zero-order valence-corrected chi connectivity index (χ0v) is 15.4. The Morgan fingerprint density at radius 1 is 1.37 bits per heavy atom. The number of aromatic nitrogens is 2. The molecule has 0 saturated carbocycles. The smallest absolute Gasteiger partial charge is 0.407 e. The number of allylic oxidation sites excluding steroid dienone is 1. The van der Waals surface area contributed by atoms with E-state index in [-0.39, 0.29) is 6.61 Å². The molecule has 1 amide bonds. The molecule has 0 spiro atoms. The molecule has 0 aromatic carbocycles.